The van der Waals surface area contributed by atoms with Crippen LogP contribution in [0.2, 0.25) is 0 Å². The smallest absolute Gasteiger partial charge is 0.124 e. The SMILES string of the molecule is CC(N)(C#N)COCCOc1ccccc1. The van der Waals surface area contributed by atoms with Crippen molar-refractivity contribution in [2.75, 3.05) is 19.8 Å². The fourth-order valence-corrected chi connectivity index (χ4v) is 1.05. The summed E-state index contributed by atoms with van der Waals surface area (Å²) in [7, 11) is 0. The Morgan fingerprint density at radius 1 is 1.31 bits per heavy atom. The largest absolute Gasteiger partial charge is 0.491 e. The Balaban J connectivity index is 2.12. The van der Waals surface area contributed by atoms with Gasteiger partial charge in [0.25, 0.3) is 0 Å². The average molecular weight is 220 g/mol. The second-order valence-electron chi connectivity index (χ2n) is 3.74. The summed E-state index contributed by atoms with van der Waals surface area (Å²) in [5.41, 5.74) is 4.66. The van der Waals surface area contributed by atoms with Gasteiger partial charge in [-0.15, -0.1) is 0 Å². The molecule has 0 fully saturated rings. The van der Waals surface area contributed by atoms with Gasteiger partial charge in [0, 0.05) is 0 Å². The van der Waals surface area contributed by atoms with E-state index in [4.69, 9.17) is 20.5 Å². The number of benzene rings is 1. The number of hydrogen-bond acceptors (Lipinski definition) is 4. The second-order valence-corrected chi connectivity index (χ2v) is 3.74. The van der Waals surface area contributed by atoms with Gasteiger partial charge in [-0.1, -0.05) is 18.2 Å². The number of nitriles is 1. The molecule has 1 rings (SSSR count). The highest BCUT2D eigenvalue weighted by atomic mass is 16.5. The molecule has 0 spiro atoms. The third-order valence-corrected chi connectivity index (χ3v) is 1.90. The number of ether oxygens (including phenoxy) is 2. The van der Waals surface area contributed by atoms with Crippen LogP contribution in [0.5, 0.6) is 5.75 Å². The van der Waals surface area contributed by atoms with E-state index < -0.39 is 5.54 Å². The van der Waals surface area contributed by atoms with Crippen molar-refractivity contribution >= 4 is 0 Å². The number of nitrogens with two attached hydrogens (primary N) is 1. The first-order valence-corrected chi connectivity index (χ1v) is 5.10. The topological polar surface area (TPSA) is 68.3 Å². The van der Waals surface area contributed by atoms with Crippen LogP contribution in [0.15, 0.2) is 30.3 Å². The molecule has 0 aliphatic rings. The number of rotatable bonds is 6. The Labute approximate surface area is 95.6 Å². The van der Waals surface area contributed by atoms with Crippen LogP contribution in [0.4, 0.5) is 0 Å². The summed E-state index contributed by atoms with van der Waals surface area (Å²) in [6.07, 6.45) is 0. The fourth-order valence-electron chi connectivity index (χ4n) is 1.05. The van der Waals surface area contributed by atoms with Crippen molar-refractivity contribution in [3.63, 3.8) is 0 Å². The lowest BCUT2D eigenvalue weighted by Crippen LogP contribution is -2.39. The van der Waals surface area contributed by atoms with Crippen LogP contribution in [0.3, 0.4) is 0 Å². The third kappa shape index (κ3) is 4.78. The normalized spacial score (nSPS) is 13.8. The van der Waals surface area contributed by atoms with Gasteiger partial charge in [0.2, 0.25) is 0 Å². The van der Waals surface area contributed by atoms with E-state index in [1.807, 2.05) is 36.4 Å². The predicted molar refractivity (Wildman–Crippen MR) is 61.0 cm³/mol. The summed E-state index contributed by atoms with van der Waals surface area (Å²) in [4.78, 5) is 0. The molecule has 4 heteroatoms. The van der Waals surface area contributed by atoms with Crippen LogP contribution in [0.25, 0.3) is 0 Å². The lowest BCUT2D eigenvalue weighted by atomic mass is 10.1. The highest BCUT2D eigenvalue weighted by molar-refractivity contribution is 5.20. The minimum absolute atomic E-state index is 0.210. The molecule has 1 unspecified atom stereocenters. The summed E-state index contributed by atoms with van der Waals surface area (Å²) in [6.45, 7) is 2.71. The summed E-state index contributed by atoms with van der Waals surface area (Å²) >= 11 is 0. The monoisotopic (exact) mass is 220 g/mol. The van der Waals surface area contributed by atoms with Crippen molar-refractivity contribution < 1.29 is 9.47 Å². The molecular weight excluding hydrogens is 204 g/mol. The highest BCUT2D eigenvalue weighted by Gasteiger charge is 2.16. The van der Waals surface area contributed by atoms with Gasteiger partial charge in [0.15, 0.2) is 0 Å². The number of para-hydroxylation sites is 1. The van der Waals surface area contributed by atoms with Crippen LogP contribution < -0.4 is 10.5 Å². The van der Waals surface area contributed by atoms with Crippen LogP contribution >= 0.6 is 0 Å². The molecule has 1 atom stereocenters. The molecule has 0 heterocycles. The Bertz CT molecular complexity index is 344. The predicted octanol–water partition coefficient (Wildman–Crippen LogP) is 1.32. The van der Waals surface area contributed by atoms with Gasteiger partial charge in [0.05, 0.1) is 19.3 Å². The molecule has 4 nitrogen and oxygen atoms in total. The standard InChI is InChI=1S/C12H16N2O2/c1-12(14,9-13)10-15-7-8-16-11-5-3-2-4-6-11/h2-6H,7-8,10,14H2,1H3. The summed E-state index contributed by atoms with van der Waals surface area (Å²) < 4.78 is 10.6. The van der Waals surface area contributed by atoms with Crippen LogP contribution in [-0.2, 0) is 4.74 Å². The minimum atomic E-state index is -0.924. The molecule has 0 radical (unpaired) electrons. The first kappa shape index (κ1) is 12.5. The van der Waals surface area contributed by atoms with Gasteiger partial charge in [-0.25, -0.2) is 0 Å². The zero-order chi connectivity index (χ0) is 11.9. The first-order valence-electron chi connectivity index (χ1n) is 5.10. The van der Waals surface area contributed by atoms with Gasteiger partial charge in [-0.3, -0.25) is 0 Å². The molecule has 0 aliphatic carbocycles. The highest BCUT2D eigenvalue weighted by Crippen LogP contribution is 2.07. The van der Waals surface area contributed by atoms with Gasteiger partial charge >= 0.3 is 0 Å². The average Bonchev–Trinajstić information content (AvgIpc) is 2.30. The van der Waals surface area contributed by atoms with E-state index in [9.17, 15) is 0 Å². The fraction of sp³-hybridized carbons (Fsp3) is 0.417. The van der Waals surface area contributed by atoms with E-state index in [1.165, 1.54) is 0 Å². The van der Waals surface area contributed by atoms with Gasteiger partial charge in [-0.05, 0) is 19.1 Å². The Morgan fingerprint density at radius 2 is 2.00 bits per heavy atom. The van der Waals surface area contributed by atoms with E-state index >= 15 is 0 Å². The molecule has 1 aromatic rings. The molecule has 86 valence electrons. The zero-order valence-corrected chi connectivity index (χ0v) is 9.35. The Hall–Kier alpha value is -1.57. The van der Waals surface area contributed by atoms with E-state index in [1.54, 1.807) is 6.92 Å². The van der Waals surface area contributed by atoms with Gasteiger partial charge in [0.1, 0.15) is 17.9 Å². The van der Waals surface area contributed by atoms with E-state index in [-0.39, 0.29) is 6.61 Å². The molecular formula is C12H16N2O2. The molecule has 16 heavy (non-hydrogen) atoms. The number of hydrogen-bond donors (Lipinski definition) is 1. The van der Waals surface area contributed by atoms with E-state index in [2.05, 4.69) is 0 Å². The molecule has 0 bridgehead atoms. The molecule has 0 aliphatic heterocycles. The van der Waals surface area contributed by atoms with Crippen molar-refractivity contribution in [1.29, 1.82) is 5.26 Å². The van der Waals surface area contributed by atoms with Crippen molar-refractivity contribution in [2.45, 2.75) is 12.5 Å². The summed E-state index contributed by atoms with van der Waals surface area (Å²) in [5.74, 6) is 0.807. The summed E-state index contributed by atoms with van der Waals surface area (Å²) in [6, 6.07) is 11.5. The quantitative estimate of drug-likeness (QED) is 0.734. The molecule has 2 N–H and O–H groups in total. The lowest BCUT2D eigenvalue weighted by molar-refractivity contribution is 0.0806. The van der Waals surface area contributed by atoms with Crippen molar-refractivity contribution in [2.24, 2.45) is 5.73 Å². The lowest BCUT2D eigenvalue weighted by Gasteiger charge is -2.15. The van der Waals surface area contributed by atoms with Crippen molar-refractivity contribution in [1.82, 2.24) is 0 Å². The number of nitrogens with zero attached hydrogens (tertiary/aromatic N) is 1. The first-order chi connectivity index (χ1) is 7.64. The van der Waals surface area contributed by atoms with Gasteiger partial charge < -0.3 is 15.2 Å². The third-order valence-electron chi connectivity index (χ3n) is 1.90. The maximum absolute atomic E-state index is 8.64. The van der Waals surface area contributed by atoms with E-state index in [0.29, 0.717) is 13.2 Å². The molecule has 0 aromatic heterocycles. The second kappa shape index (κ2) is 6.11. The van der Waals surface area contributed by atoms with E-state index in [0.717, 1.165) is 5.75 Å². The minimum Gasteiger partial charge on any atom is -0.491 e. The maximum atomic E-state index is 8.64. The molecule has 0 amide bonds. The molecule has 0 saturated carbocycles. The van der Waals surface area contributed by atoms with Crippen LogP contribution in [0.1, 0.15) is 6.92 Å². The van der Waals surface area contributed by atoms with Crippen LogP contribution in [0, 0.1) is 11.3 Å². The Kier molecular flexibility index (Phi) is 4.77. The Morgan fingerprint density at radius 3 is 2.62 bits per heavy atom. The molecule has 0 saturated heterocycles. The van der Waals surface area contributed by atoms with Crippen molar-refractivity contribution in [3.8, 4) is 11.8 Å². The van der Waals surface area contributed by atoms with Crippen LogP contribution in [-0.4, -0.2) is 25.4 Å². The zero-order valence-electron chi connectivity index (χ0n) is 9.35. The maximum Gasteiger partial charge on any atom is 0.124 e. The molecule has 1 aromatic carbocycles. The van der Waals surface area contributed by atoms with Crippen molar-refractivity contribution in [3.05, 3.63) is 30.3 Å². The summed E-state index contributed by atoms with van der Waals surface area (Å²) in [5, 5.41) is 8.64. The van der Waals surface area contributed by atoms with Gasteiger partial charge in [-0.2, -0.15) is 5.26 Å².